The highest BCUT2D eigenvalue weighted by Crippen LogP contribution is 2.21. The van der Waals surface area contributed by atoms with Gasteiger partial charge in [-0.15, -0.1) is 0 Å². The molecule has 1 aliphatic rings. The summed E-state index contributed by atoms with van der Waals surface area (Å²) in [5.41, 5.74) is 5.22. The standard InChI is InChI=1S/C26H21FN6/c1-18(19-8-3-2-4-9-19)31-21-15-29-26(30-16-21)24-14-25(23-12-7-13-28-23)33(32-24)17-20-10-5-6-11-22(20)27/h2-12,14-16,31H,1,13,17H2. The number of aromatic nitrogens is 4. The second kappa shape index (κ2) is 9.00. The van der Waals surface area contributed by atoms with Crippen molar-refractivity contribution in [2.45, 2.75) is 6.54 Å². The number of anilines is 1. The molecule has 0 saturated heterocycles. The Bertz CT molecular complexity index is 1350. The molecule has 0 amide bonds. The van der Waals surface area contributed by atoms with E-state index in [1.165, 1.54) is 6.07 Å². The highest BCUT2D eigenvalue weighted by Gasteiger charge is 2.17. The van der Waals surface area contributed by atoms with Crippen LogP contribution >= 0.6 is 0 Å². The number of hydrogen-bond donors (Lipinski definition) is 1. The monoisotopic (exact) mass is 436 g/mol. The number of benzene rings is 2. The molecule has 0 saturated carbocycles. The lowest BCUT2D eigenvalue weighted by Gasteiger charge is -2.09. The third-order valence-electron chi connectivity index (χ3n) is 5.26. The number of halogens is 1. The van der Waals surface area contributed by atoms with E-state index < -0.39 is 0 Å². The zero-order chi connectivity index (χ0) is 22.6. The van der Waals surface area contributed by atoms with Crippen molar-refractivity contribution in [2.75, 3.05) is 11.9 Å². The first kappa shape index (κ1) is 20.5. The molecule has 0 radical (unpaired) electrons. The van der Waals surface area contributed by atoms with Gasteiger partial charge in [-0.1, -0.05) is 61.2 Å². The van der Waals surface area contributed by atoms with Gasteiger partial charge in [0.05, 0.1) is 42.6 Å². The summed E-state index contributed by atoms with van der Waals surface area (Å²) >= 11 is 0. The maximum Gasteiger partial charge on any atom is 0.180 e. The van der Waals surface area contributed by atoms with E-state index in [9.17, 15) is 4.39 Å². The summed E-state index contributed by atoms with van der Waals surface area (Å²) < 4.78 is 16.0. The molecule has 3 heterocycles. The van der Waals surface area contributed by atoms with Gasteiger partial charge in [0.1, 0.15) is 11.5 Å². The zero-order valence-electron chi connectivity index (χ0n) is 17.8. The molecule has 2 aromatic heterocycles. The molecule has 7 heteroatoms. The predicted octanol–water partition coefficient (Wildman–Crippen LogP) is 4.97. The Morgan fingerprint density at radius 3 is 2.52 bits per heavy atom. The minimum absolute atomic E-state index is 0.269. The molecule has 33 heavy (non-hydrogen) atoms. The van der Waals surface area contributed by atoms with Crippen molar-refractivity contribution in [3.05, 3.63) is 114 Å². The Morgan fingerprint density at radius 1 is 1.03 bits per heavy atom. The smallest absolute Gasteiger partial charge is 0.180 e. The molecular weight excluding hydrogens is 415 g/mol. The second-order valence-corrected chi connectivity index (χ2v) is 7.56. The van der Waals surface area contributed by atoms with Gasteiger partial charge in [0.2, 0.25) is 0 Å². The van der Waals surface area contributed by atoms with E-state index >= 15 is 0 Å². The molecule has 0 atom stereocenters. The average Bonchev–Trinajstić information content (AvgIpc) is 3.52. The lowest BCUT2D eigenvalue weighted by Crippen LogP contribution is -2.11. The van der Waals surface area contributed by atoms with Crippen molar-refractivity contribution in [1.29, 1.82) is 0 Å². The van der Waals surface area contributed by atoms with Crippen LogP contribution in [0.5, 0.6) is 0 Å². The Balaban J connectivity index is 1.41. The highest BCUT2D eigenvalue weighted by molar-refractivity contribution is 6.09. The van der Waals surface area contributed by atoms with E-state index in [1.54, 1.807) is 29.2 Å². The van der Waals surface area contributed by atoms with Crippen LogP contribution in [0.3, 0.4) is 0 Å². The number of allylic oxidation sites excluding steroid dienone is 1. The number of nitrogens with one attached hydrogen (secondary N) is 1. The van der Waals surface area contributed by atoms with Crippen LogP contribution < -0.4 is 5.32 Å². The van der Waals surface area contributed by atoms with Crippen LogP contribution in [-0.2, 0) is 6.54 Å². The summed E-state index contributed by atoms with van der Waals surface area (Å²) in [7, 11) is 0. The van der Waals surface area contributed by atoms with Crippen LogP contribution in [0.25, 0.3) is 17.2 Å². The van der Waals surface area contributed by atoms with Gasteiger partial charge in [0, 0.05) is 11.3 Å². The van der Waals surface area contributed by atoms with E-state index in [0.29, 0.717) is 23.6 Å². The molecule has 0 spiro atoms. The molecule has 1 N–H and O–H groups in total. The van der Waals surface area contributed by atoms with Crippen LogP contribution in [-0.4, -0.2) is 32.0 Å². The second-order valence-electron chi connectivity index (χ2n) is 7.56. The van der Waals surface area contributed by atoms with Gasteiger partial charge in [-0.05, 0) is 23.8 Å². The summed E-state index contributed by atoms with van der Waals surface area (Å²) in [5, 5.41) is 7.89. The fourth-order valence-corrected chi connectivity index (χ4v) is 3.59. The minimum Gasteiger partial charge on any atom is -0.353 e. The quantitative estimate of drug-likeness (QED) is 0.444. The summed E-state index contributed by atoms with van der Waals surface area (Å²) in [6, 6.07) is 18.4. The largest absolute Gasteiger partial charge is 0.353 e. The van der Waals surface area contributed by atoms with Crippen LogP contribution in [0.4, 0.5) is 10.1 Å². The average molecular weight is 436 g/mol. The van der Waals surface area contributed by atoms with E-state index in [-0.39, 0.29) is 12.4 Å². The Hall–Kier alpha value is -4.39. The van der Waals surface area contributed by atoms with E-state index in [4.69, 9.17) is 0 Å². The molecule has 4 aromatic rings. The van der Waals surface area contributed by atoms with E-state index in [1.807, 2.05) is 54.6 Å². The first-order chi connectivity index (χ1) is 16.2. The van der Waals surface area contributed by atoms with Crippen molar-refractivity contribution in [2.24, 2.45) is 4.99 Å². The molecule has 2 aromatic carbocycles. The number of aliphatic imine (C=N–C) groups is 1. The summed E-state index contributed by atoms with van der Waals surface area (Å²) in [6.07, 6.45) is 7.31. The Labute approximate surface area is 190 Å². The summed E-state index contributed by atoms with van der Waals surface area (Å²) in [6.45, 7) is 4.98. The lowest BCUT2D eigenvalue weighted by atomic mass is 10.2. The molecule has 5 rings (SSSR count). The molecule has 0 unspecified atom stereocenters. The van der Waals surface area contributed by atoms with Gasteiger partial charge in [-0.3, -0.25) is 9.67 Å². The van der Waals surface area contributed by atoms with Crippen LogP contribution in [0.1, 0.15) is 16.8 Å². The zero-order valence-corrected chi connectivity index (χ0v) is 17.8. The SMILES string of the molecule is C=C(Nc1cnc(-c2cc(C3=NCC=C3)n(Cc3ccccc3F)n2)nc1)c1ccccc1. The Morgan fingerprint density at radius 2 is 1.79 bits per heavy atom. The van der Waals surface area contributed by atoms with Gasteiger partial charge in [0.15, 0.2) is 5.82 Å². The Kier molecular flexibility index (Phi) is 5.59. The molecule has 162 valence electrons. The predicted molar refractivity (Wildman–Crippen MR) is 128 cm³/mol. The molecule has 1 aliphatic heterocycles. The number of hydrogen-bond acceptors (Lipinski definition) is 5. The lowest BCUT2D eigenvalue weighted by molar-refractivity contribution is 0.584. The van der Waals surface area contributed by atoms with Gasteiger partial charge in [-0.25, -0.2) is 14.4 Å². The van der Waals surface area contributed by atoms with E-state index in [0.717, 1.165) is 28.4 Å². The van der Waals surface area contributed by atoms with Crippen molar-refractivity contribution < 1.29 is 4.39 Å². The van der Waals surface area contributed by atoms with Gasteiger partial charge in [0.25, 0.3) is 0 Å². The topological polar surface area (TPSA) is 68.0 Å². The van der Waals surface area contributed by atoms with Gasteiger partial charge in [-0.2, -0.15) is 5.10 Å². The first-order valence-electron chi connectivity index (χ1n) is 10.5. The molecule has 6 nitrogen and oxygen atoms in total. The number of nitrogens with zero attached hydrogens (tertiary/aromatic N) is 5. The summed E-state index contributed by atoms with van der Waals surface area (Å²) in [4.78, 5) is 13.5. The maximum atomic E-state index is 14.3. The van der Waals surface area contributed by atoms with Gasteiger partial charge < -0.3 is 5.32 Å². The number of rotatable bonds is 7. The molecule has 0 bridgehead atoms. The third kappa shape index (κ3) is 4.48. The van der Waals surface area contributed by atoms with Crippen molar-refractivity contribution >= 4 is 17.1 Å². The first-order valence-corrected chi connectivity index (χ1v) is 10.5. The fourth-order valence-electron chi connectivity index (χ4n) is 3.59. The molecule has 0 fully saturated rings. The minimum atomic E-state index is -0.269. The van der Waals surface area contributed by atoms with Crippen LogP contribution in [0.2, 0.25) is 0 Å². The highest BCUT2D eigenvalue weighted by atomic mass is 19.1. The van der Waals surface area contributed by atoms with Crippen LogP contribution in [0, 0.1) is 5.82 Å². The van der Waals surface area contributed by atoms with Crippen molar-refractivity contribution in [3.63, 3.8) is 0 Å². The van der Waals surface area contributed by atoms with Crippen LogP contribution in [0.15, 0.2) is 96.8 Å². The molecular formula is C26H21FN6. The third-order valence-corrected chi connectivity index (χ3v) is 5.26. The molecule has 0 aliphatic carbocycles. The van der Waals surface area contributed by atoms with E-state index in [2.05, 4.69) is 32.0 Å². The maximum absolute atomic E-state index is 14.3. The fraction of sp³-hybridized carbons (Fsp3) is 0.0769. The van der Waals surface area contributed by atoms with Gasteiger partial charge >= 0.3 is 0 Å². The van der Waals surface area contributed by atoms with Crippen molar-refractivity contribution in [1.82, 2.24) is 19.7 Å². The normalized spacial score (nSPS) is 12.6. The van der Waals surface area contributed by atoms with Crippen molar-refractivity contribution in [3.8, 4) is 11.5 Å². The summed E-state index contributed by atoms with van der Waals surface area (Å²) in [5.74, 6) is 0.205.